The monoisotopic (exact) mass is 397 g/mol. The lowest BCUT2D eigenvalue weighted by molar-refractivity contribution is -0.121. The average molecular weight is 397 g/mol. The number of rotatable bonds is 7. The lowest BCUT2D eigenvalue weighted by atomic mass is 9.77. The molecule has 0 radical (unpaired) electrons. The molecule has 1 fully saturated rings. The predicted octanol–water partition coefficient (Wildman–Crippen LogP) is 3.56. The molecule has 154 valence electrons. The maximum Gasteiger partial charge on any atom is 0.224 e. The summed E-state index contributed by atoms with van der Waals surface area (Å²) in [5, 5.41) is 6.07. The van der Waals surface area contributed by atoms with Gasteiger partial charge in [-0.25, -0.2) is 4.39 Å². The van der Waals surface area contributed by atoms with Crippen LogP contribution in [0.1, 0.15) is 49.9 Å². The van der Waals surface area contributed by atoms with Crippen LogP contribution in [0.25, 0.3) is 0 Å². The Morgan fingerprint density at radius 1 is 1.10 bits per heavy atom. The first kappa shape index (κ1) is 21.0. The third-order valence-corrected chi connectivity index (χ3v) is 5.59. The standard InChI is InChI=1S/C23H28FN3O2/c1-16(28)27-23(21-4-2-3-13-25-21)19-9-5-18(6-10-19)15-26-22(29)14-17-7-11-20(24)12-8-17/h2-4,7-8,11-13,18-19,23H,5-6,9-10,14-15H2,1H3,(H,26,29)(H,27,28)/t18?,19?,23-/m0/s1. The van der Waals surface area contributed by atoms with E-state index < -0.39 is 0 Å². The van der Waals surface area contributed by atoms with Crippen LogP contribution in [-0.2, 0) is 16.0 Å². The normalized spacial score (nSPS) is 19.9. The summed E-state index contributed by atoms with van der Waals surface area (Å²) in [5.74, 6) is 0.401. The summed E-state index contributed by atoms with van der Waals surface area (Å²) in [5.41, 5.74) is 1.71. The zero-order valence-corrected chi connectivity index (χ0v) is 16.7. The van der Waals surface area contributed by atoms with Crippen LogP contribution in [-0.4, -0.2) is 23.3 Å². The third-order valence-electron chi connectivity index (χ3n) is 5.59. The molecular formula is C23H28FN3O2. The molecule has 2 N–H and O–H groups in total. The number of aromatic nitrogens is 1. The van der Waals surface area contributed by atoms with Crippen molar-refractivity contribution >= 4 is 11.8 Å². The minimum atomic E-state index is -0.297. The zero-order chi connectivity index (χ0) is 20.6. The third kappa shape index (κ3) is 6.38. The predicted molar refractivity (Wildman–Crippen MR) is 109 cm³/mol. The molecule has 5 nitrogen and oxygen atoms in total. The molecule has 3 rings (SSSR count). The minimum absolute atomic E-state index is 0.0386. The molecule has 1 atom stereocenters. The maximum atomic E-state index is 13.0. The number of hydrogen-bond acceptors (Lipinski definition) is 3. The number of nitrogens with one attached hydrogen (secondary N) is 2. The van der Waals surface area contributed by atoms with Gasteiger partial charge in [0.1, 0.15) is 5.82 Å². The van der Waals surface area contributed by atoms with Crippen molar-refractivity contribution in [3.63, 3.8) is 0 Å². The van der Waals surface area contributed by atoms with Gasteiger partial charge in [-0.05, 0) is 67.3 Å². The van der Waals surface area contributed by atoms with Crippen molar-refractivity contribution in [3.8, 4) is 0 Å². The average Bonchev–Trinajstić information content (AvgIpc) is 2.73. The van der Waals surface area contributed by atoms with E-state index in [1.807, 2.05) is 18.2 Å². The topological polar surface area (TPSA) is 71.1 Å². The summed E-state index contributed by atoms with van der Waals surface area (Å²) in [6.45, 7) is 2.19. The van der Waals surface area contributed by atoms with E-state index in [0.717, 1.165) is 36.9 Å². The Morgan fingerprint density at radius 2 is 1.83 bits per heavy atom. The number of nitrogens with zero attached hydrogens (tertiary/aromatic N) is 1. The van der Waals surface area contributed by atoms with Crippen LogP contribution in [0.5, 0.6) is 0 Å². The first-order chi connectivity index (χ1) is 14.0. The summed E-state index contributed by atoms with van der Waals surface area (Å²) in [7, 11) is 0. The van der Waals surface area contributed by atoms with E-state index in [1.54, 1.807) is 18.3 Å². The second-order valence-electron chi connectivity index (χ2n) is 7.82. The molecule has 29 heavy (non-hydrogen) atoms. The van der Waals surface area contributed by atoms with Crippen molar-refractivity contribution in [1.82, 2.24) is 15.6 Å². The number of carbonyl (C=O) groups excluding carboxylic acids is 2. The highest BCUT2D eigenvalue weighted by Crippen LogP contribution is 2.36. The van der Waals surface area contributed by atoms with Gasteiger partial charge in [0.15, 0.2) is 0 Å². The molecule has 1 heterocycles. The Labute approximate surface area is 171 Å². The number of hydrogen-bond donors (Lipinski definition) is 2. The summed E-state index contributed by atoms with van der Waals surface area (Å²) in [4.78, 5) is 28.3. The number of carbonyl (C=O) groups is 2. The molecule has 1 aromatic heterocycles. The van der Waals surface area contributed by atoms with Gasteiger partial charge in [0.2, 0.25) is 11.8 Å². The number of benzene rings is 1. The largest absolute Gasteiger partial charge is 0.356 e. The quantitative estimate of drug-likeness (QED) is 0.750. The Morgan fingerprint density at radius 3 is 2.45 bits per heavy atom. The van der Waals surface area contributed by atoms with Gasteiger partial charge in [-0.3, -0.25) is 14.6 Å². The van der Waals surface area contributed by atoms with Crippen molar-refractivity contribution in [2.24, 2.45) is 11.8 Å². The van der Waals surface area contributed by atoms with Crippen molar-refractivity contribution in [3.05, 3.63) is 65.7 Å². The maximum absolute atomic E-state index is 13.0. The molecule has 1 aliphatic rings. The highest BCUT2D eigenvalue weighted by molar-refractivity contribution is 5.78. The van der Waals surface area contributed by atoms with Gasteiger partial charge in [0.05, 0.1) is 18.2 Å². The molecule has 0 saturated heterocycles. The van der Waals surface area contributed by atoms with Crippen LogP contribution in [0.4, 0.5) is 4.39 Å². The first-order valence-electron chi connectivity index (χ1n) is 10.2. The van der Waals surface area contributed by atoms with Gasteiger partial charge in [-0.15, -0.1) is 0 Å². The molecule has 0 bridgehead atoms. The molecule has 0 unspecified atom stereocenters. The lowest BCUT2D eigenvalue weighted by Crippen LogP contribution is -2.36. The highest BCUT2D eigenvalue weighted by Gasteiger charge is 2.30. The Balaban J connectivity index is 1.47. The molecule has 0 aliphatic heterocycles. The molecule has 6 heteroatoms. The van der Waals surface area contributed by atoms with Gasteiger partial charge >= 0.3 is 0 Å². The van der Waals surface area contributed by atoms with Crippen LogP contribution in [0, 0.1) is 17.7 Å². The van der Waals surface area contributed by atoms with Crippen molar-refractivity contribution in [2.75, 3.05) is 6.54 Å². The van der Waals surface area contributed by atoms with E-state index in [-0.39, 0.29) is 30.1 Å². The Hall–Kier alpha value is -2.76. The molecule has 2 amide bonds. The highest BCUT2D eigenvalue weighted by atomic mass is 19.1. The fourth-order valence-corrected chi connectivity index (χ4v) is 4.05. The number of pyridine rings is 1. The SMILES string of the molecule is CC(=O)N[C@H](c1ccccn1)C1CCC(CNC(=O)Cc2ccc(F)cc2)CC1. The summed E-state index contributed by atoms with van der Waals surface area (Å²) < 4.78 is 13.0. The van der Waals surface area contributed by atoms with Crippen LogP contribution in [0.2, 0.25) is 0 Å². The first-order valence-corrected chi connectivity index (χ1v) is 10.2. The van der Waals surface area contributed by atoms with E-state index in [9.17, 15) is 14.0 Å². The lowest BCUT2D eigenvalue weighted by Gasteiger charge is -2.34. The second-order valence-corrected chi connectivity index (χ2v) is 7.82. The molecular weight excluding hydrogens is 369 g/mol. The van der Waals surface area contributed by atoms with Crippen molar-refractivity contribution in [2.45, 2.75) is 45.1 Å². The zero-order valence-electron chi connectivity index (χ0n) is 16.7. The molecule has 1 aromatic carbocycles. The van der Waals surface area contributed by atoms with E-state index in [0.29, 0.717) is 18.4 Å². The second kappa shape index (κ2) is 10.1. The molecule has 1 aliphatic carbocycles. The minimum Gasteiger partial charge on any atom is -0.356 e. The Bertz CT molecular complexity index is 803. The van der Waals surface area contributed by atoms with Crippen LogP contribution < -0.4 is 10.6 Å². The van der Waals surface area contributed by atoms with Crippen LogP contribution in [0.3, 0.4) is 0 Å². The Kier molecular flexibility index (Phi) is 7.33. The molecule has 2 aromatic rings. The molecule has 1 saturated carbocycles. The fraction of sp³-hybridized carbons (Fsp3) is 0.435. The van der Waals surface area contributed by atoms with E-state index in [4.69, 9.17) is 0 Å². The van der Waals surface area contributed by atoms with E-state index in [1.165, 1.54) is 19.1 Å². The van der Waals surface area contributed by atoms with E-state index >= 15 is 0 Å². The van der Waals surface area contributed by atoms with Crippen molar-refractivity contribution < 1.29 is 14.0 Å². The van der Waals surface area contributed by atoms with Crippen LogP contribution in [0.15, 0.2) is 48.7 Å². The van der Waals surface area contributed by atoms with Crippen molar-refractivity contribution in [1.29, 1.82) is 0 Å². The number of halogens is 1. The molecule has 0 spiro atoms. The van der Waals surface area contributed by atoms with Gasteiger partial charge in [0.25, 0.3) is 0 Å². The summed E-state index contributed by atoms with van der Waals surface area (Å²) in [6.07, 6.45) is 6.00. The van der Waals surface area contributed by atoms with Gasteiger partial charge in [-0.1, -0.05) is 18.2 Å². The number of amides is 2. The summed E-state index contributed by atoms with van der Waals surface area (Å²) >= 11 is 0. The van der Waals surface area contributed by atoms with Crippen LogP contribution >= 0.6 is 0 Å². The summed E-state index contributed by atoms with van der Waals surface area (Å²) in [6, 6.07) is 11.7. The smallest absolute Gasteiger partial charge is 0.224 e. The fourth-order valence-electron chi connectivity index (χ4n) is 4.05. The van der Waals surface area contributed by atoms with E-state index in [2.05, 4.69) is 15.6 Å². The van der Waals surface area contributed by atoms with Gasteiger partial charge < -0.3 is 10.6 Å². The van der Waals surface area contributed by atoms with Gasteiger partial charge in [-0.2, -0.15) is 0 Å². The van der Waals surface area contributed by atoms with Gasteiger partial charge in [0, 0.05) is 19.7 Å².